The molecule has 1 saturated heterocycles. The summed E-state index contributed by atoms with van der Waals surface area (Å²) in [5.41, 5.74) is 0. The number of rotatable bonds is 3. The molecule has 92 valence electrons. The van der Waals surface area contributed by atoms with Gasteiger partial charge in [-0.25, -0.2) is 0 Å². The summed E-state index contributed by atoms with van der Waals surface area (Å²) in [5.74, 6) is 3.46. The lowest BCUT2D eigenvalue weighted by molar-refractivity contribution is 0.411. The molecule has 0 amide bonds. The largest absolute Gasteiger partial charge is 0.362 e. The van der Waals surface area contributed by atoms with Crippen molar-refractivity contribution in [2.75, 3.05) is 18.1 Å². The van der Waals surface area contributed by atoms with Crippen LogP contribution in [0.4, 0.5) is 0 Å². The van der Waals surface area contributed by atoms with Crippen molar-refractivity contribution in [3.8, 4) is 0 Å². The monoisotopic (exact) mass is 258 g/mol. The van der Waals surface area contributed by atoms with Crippen LogP contribution in [0, 0.1) is 5.92 Å². The maximum Gasteiger partial charge on any atom is 0.166 e. The molecule has 0 radical (unpaired) electrons. The van der Waals surface area contributed by atoms with Gasteiger partial charge in [-0.05, 0) is 48.9 Å². The van der Waals surface area contributed by atoms with Crippen molar-refractivity contribution in [1.82, 2.24) is 10.6 Å². The van der Waals surface area contributed by atoms with Crippen LogP contribution in [0.25, 0.3) is 0 Å². The fraction of sp³-hybridized carbons (Fsp3) is 0.917. The molecule has 1 atom stereocenters. The number of hydrogen-bond donors (Lipinski definition) is 2. The van der Waals surface area contributed by atoms with E-state index in [9.17, 15) is 0 Å². The molecule has 2 nitrogen and oxygen atoms in total. The third kappa shape index (κ3) is 4.13. The highest BCUT2D eigenvalue weighted by atomic mass is 32.2. The van der Waals surface area contributed by atoms with Crippen LogP contribution >= 0.6 is 24.0 Å². The fourth-order valence-electron chi connectivity index (χ4n) is 2.46. The van der Waals surface area contributed by atoms with Crippen LogP contribution in [0.1, 0.15) is 38.5 Å². The molecule has 2 rings (SSSR count). The van der Waals surface area contributed by atoms with Crippen molar-refractivity contribution in [3.05, 3.63) is 0 Å². The number of thioether (sulfide) groups is 1. The van der Waals surface area contributed by atoms with Crippen LogP contribution in [0.5, 0.6) is 0 Å². The maximum absolute atomic E-state index is 5.34. The molecule has 4 heteroatoms. The lowest BCUT2D eigenvalue weighted by atomic mass is 9.96. The molecule has 1 unspecified atom stereocenters. The van der Waals surface area contributed by atoms with Crippen molar-refractivity contribution in [2.45, 2.75) is 44.6 Å². The van der Waals surface area contributed by atoms with E-state index in [0.29, 0.717) is 6.04 Å². The van der Waals surface area contributed by atoms with E-state index in [4.69, 9.17) is 12.2 Å². The minimum atomic E-state index is 0.631. The summed E-state index contributed by atoms with van der Waals surface area (Å²) in [6, 6.07) is 0.631. The van der Waals surface area contributed by atoms with Gasteiger partial charge in [0.1, 0.15) is 0 Å². The highest BCUT2D eigenvalue weighted by molar-refractivity contribution is 7.99. The Morgan fingerprint density at radius 3 is 2.69 bits per heavy atom. The quantitative estimate of drug-likeness (QED) is 0.760. The number of nitrogens with one attached hydrogen (secondary N) is 2. The van der Waals surface area contributed by atoms with Crippen LogP contribution in [0.2, 0.25) is 0 Å². The fourth-order valence-corrected chi connectivity index (χ4v) is 4.00. The van der Waals surface area contributed by atoms with Gasteiger partial charge in [0.15, 0.2) is 5.11 Å². The zero-order valence-corrected chi connectivity index (χ0v) is 11.5. The van der Waals surface area contributed by atoms with Gasteiger partial charge in [0.05, 0.1) is 0 Å². The molecule has 0 aromatic rings. The Labute approximate surface area is 108 Å². The first kappa shape index (κ1) is 12.5. The average Bonchev–Trinajstić information content (AvgIpc) is 2.81. The van der Waals surface area contributed by atoms with E-state index >= 15 is 0 Å². The van der Waals surface area contributed by atoms with E-state index in [-0.39, 0.29) is 0 Å². The lowest BCUT2D eigenvalue weighted by Gasteiger charge is -2.24. The van der Waals surface area contributed by atoms with Crippen molar-refractivity contribution in [3.63, 3.8) is 0 Å². The Kier molecular flexibility index (Phi) is 5.23. The van der Waals surface area contributed by atoms with Crippen molar-refractivity contribution >= 4 is 29.1 Å². The van der Waals surface area contributed by atoms with Gasteiger partial charge in [-0.15, -0.1) is 0 Å². The molecular weight excluding hydrogens is 236 g/mol. The third-order valence-corrected chi connectivity index (χ3v) is 5.01. The van der Waals surface area contributed by atoms with E-state index in [1.165, 1.54) is 50.0 Å². The Bertz CT molecular complexity index is 221. The molecule has 0 spiro atoms. The summed E-state index contributed by atoms with van der Waals surface area (Å²) >= 11 is 7.41. The number of hydrogen-bond acceptors (Lipinski definition) is 2. The summed E-state index contributed by atoms with van der Waals surface area (Å²) in [6.07, 6.45) is 8.06. The Morgan fingerprint density at radius 2 is 2.00 bits per heavy atom. The molecule has 1 aliphatic carbocycles. The molecule has 1 heterocycles. The van der Waals surface area contributed by atoms with Gasteiger partial charge >= 0.3 is 0 Å². The zero-order valence-electron chi connectivity index (χ0n) is 9.84. The normalized spacial score (nSPS) is 26.6. The summed E-state index contributed by atoms with van der Waals surface area (Å²) < 4.78 is 0. The maximum atomic E-state index is 5.34. The first-order valence-corrected chi connectivity index (χ1v) is 8.03. The Balaban J connectivity index is 1.59. The first-order valence-electron chi connectivity index (χ1n) is 6.46. The molecule has 1 saturated carbocycles. The second-order valence-corrected chi connectivity index (χ2v) is 6.48. The Morgan fingerprint density at radius 1 is 1.19 bits per heavy atom. The predicted molar refractivity (Wildman–Crippen MR) is 76.0 cm³/mol. The molecule has 16 heavy (non-hydrogen) atoms. The van der Waals surface area contributed by atoms with E-state index < -0.39 is 0 Å². The molecule has 1 aliphatic heterocycles. The Hall–Kier alpha value is 0.0400. The minimum absolute atomic E-state index is 0.631. The summed E-state index contributed by atoms with van der Waals surface area (Å²) in [7, 11) is 0. The summed E-state index contributed by atoms with van der Waals surface area (Å²) in [6.45, 7) is 1.06. The SMILES string of the molecule is S=C(NCC1CCSC1)NC1CCCCC1. The standard InChI is InChI=1S/C12H22N2S2/c15-12(13-8-10-6-7-16-9-10)14-11-4-2-1-3-5-11/h10-11H,1-9H2,(H2,13,14,15). The molecule has 0 bridgehead atoms. The topological polar surface area (TPSA) is 24.1 Å². The molecule has 2 fully saturated rings. The van der Waals surface area contributed by atoms with Crippen molar-refractivity contribution < 1.29 is 0 Å². The highest BCUT2D eigenvalue weighted by Crippen LogP contribution is 2.22. The second-order valence-electron chi connectivity index (χ2n) is 4.92. The number of thiocarbonyl (C=S) groups is 1. The van der Waals surface area contributed by atoms with E-state index in [0.717, 1.165) is 17.6 Å². The average molecular weight is 258 g/mol. The van der Waals surface area contributed by atoms with Gasteiger partial charge in [0, 0.05) is 12.6 Å². The third-order valence-electron chi connectivity index (χ3n) is 3.52. The van der Waals surface area contributed by atoms with Crippen LogP contribution < -0.4 is 10.6 Å². The van der Waals surface area contributed by atoms with E-state index in [1.54, 1.807) is 0 Å². The van der Waals surface area contributed by atoms with Gasteiger partial charge in [0.2, 0.25) is 0 Å². The lowest BCUT2D eigenvalue weighted by Crippen LogP contribution is -2.44. The zero-order chi connectivity index (χ0) is 11.2. The first-order chi connectivity index (χ1) is 7.84. The predicted octanol–water partition coefficient (Wildman–Crippen LogP) is 2.54. The van der Waals surface area contributed by atoms with Crippen LogP contribution in [-0.4, -0.2) is 29.2 Å². The molecule has 2 aliphatic rings. The van der Waals surface area contributed by atoms with Crippen molar-refractivity contribution in [2.24, 2.45) is 5.92 Å². The van der Waals surface area contributed by atoms with Gasteiger partial charge in [-0.2, -0.15) is 11.8 Å². The van der Waals surface area contributed by atoms with Gasteiger partial charge in [-0.3, -0.25) is 0 Å². The van der Waals surface area contributed by atoms with E-state index in [1.807, 2.05) is 0 Å². The van der Waals surface area contributed by atoms with Crippen LogP contribution in [-0.2, 0) is 0 Å². The van der Waals surface area contributed by atoms with Gasteiger partial charge in [-0.1, -0.05) is 19.3 Å². The molecular formula is C12H22N2S2. The van der Waals surface area contributed by atoms with Crippen LogP contribution in [0.15, 0.2) is 0 Å². The minimum Gasteiger partial charge on any atom is -0.362 e. The van der Waals surface area contributed by atoms with E-state index in [2.05, 4.69) is 22.4 Å². The smallest absolute Gasteiger partial charge is 0.166 e. The molecule has 0 aromatic heterocycles. The molecule has 2 N–H and O–H groups in total. The summed E-state index contributed by atoms with van der Waals surface area (Å²) in [4.78, 5) is 0. The highest BCUT2D eigenvalue weighted by Gasteiger charge is 2.17. The summed E-state index contributed by atoms with van der Waals surface area (Å²) in [5, 5.41) is 7.71. The molecule has 0 aromatic carbocycles. The second kappa shape index (κ2) is 6.70. The van der Waals surface area contributed by atoms with Crippen molar-refractivity contribution in [1.29, 1.82) is 0 Å². The van der Waals surface area contributed by atoms with Gasteiger partial charge in [0.25, 0.3) is 0 Å². The van der Waals surface area contributed by atoms with Crippen LogP contribution in [0.3, 0.4) is 0 Å². The van der Waals surface area contributed by atoms with Gasteiger partial charge < -0.3 is 10.6 Å².